The summed E-state index contributed by atoms with van der Waals surface area (Å²) in [4.78, 5) is 27.0. The van der Waals surface area contributed by atoms with Crippen molar-refractivity contribution < 1.29 is 22.7 Å². The van der Waals surface area contributed by atoms with Crippen molar-refractivity contribution in [2.24, 2.45) is 0 Å². The number of hydrogen-bond acceptors (Lipinski definition) is 6. The number of ether oxygens (including phenoxy) is 1. The summed E-state index contributed by atoms with van der Waals surface area (Å²) in [5.74, 6) is -0.867. The normalized spacial score (nSPS) is 11.4. The zero-order valence-electron chi connectivity index (χ0n) is 14.2. The van der Waals surface area contributed by atoms with Gasteiger partial charge in [0.2, 0.25) is 10.0 Å². The fraction of sp³-hybridized carbons (Fsp3) is 0.235. The molecule has 0 aliphatic carbocycles. The predicted molar refractivity (Wildman–Crippen MR) is 95.3 cm³/mol. The molecule has 2 aromatic rings. The van der Waals surface area contributed by atoms with Crippen molar-refractivity contribution in [1.29, 1.82) is 0 Å². The minimum Gasteiger partial charge on any atom is -0.460 e. The highest BCUT2D eigenvalue weighted by Gasteiger charge is 2.23. The highest BCUT2D eigenvalue weighted by molar-refractivity contribution is 7.89. The van der Waals surface area contributed by atoms with E-state index >= 15 is 0 Å². The van der Waals surface area contributed by atoms with Crippen molar-refractivity contribution in [1.82, 2.24) is 9.29 Å². The number of nitrogens with zero attached hydrogens (tertiary/aromatic N) is 2. The lowest BCUT2D eigenvalue weighted by Gasteiger charge is -2.16. The molecule has 0 bridgehead atoms. The van der Waals surface area contributed by atoms with Gasteiger partial charge in [-0.05, 0) is 25.1 Å². The summed E-state index contributed by atoms with van der Waals surface area (Å²) in [6.45, 7) is 0.907. The van der Waals surface area contributed by atoms with Crippen LogP contribution in [0, 0.1) is 0 Å². The summed E-state index contributed by atoms with van der Waals surface area (Å²) in [5.41, 5.74) is 1.04. The van der Waals surface area contributed by atoms with Gasteiger partial charge in [0.25, 0.3) is 0 Å². The SMILES string of the molecule is CC(=O)c1ccc(S(=O)(=O)N(C)CC(=O)OCc2ccc(Cl)nc2)cc1. The Hall–Kier alpha value is -2.29. The van der Waals surface area contributed by atoms with Crippen LogP contribution in [-0.4, -0.2) is 43.1 Å². The molecule has 0 fully saturated rings. The average Bonchev–Trinajstić information content (AvgIpc) is 2.61. The monoisotopic (exact) mass is 396 g/mol. The zero-order chi connectivity index (χ0) is 19.3. The zero-order valence-corrected chi connectivity index (χ0v) is 15.7. The van der Waals surface area contributed by atoms with Gasteiger partial charge >= 0.3 is 5.97 Å². The summed E-state index contributed by atoms with van der Waals surface area (Å²) in [7, 11) is -2.60. The summed E-state index contributed by atoms with van der Waals surface area (Å²) < 4.78 is 30.9. The molecule has 0 aliphatic rings. The first-order valence-electron chi connectivity index (χ1n) is 7.53. The molecule has 138 valence electrons. The van der Waals surface area contributed by atoms with Crippen LogP contribution >= 0.6 is 11.6 Å². The lowest BCUT2D eigenvalue weighted by molar-refractivity contribution is -0.144. The molecule has 0 saturated heterocycles. The summed E-state index contributed by atoms with van der Waals surface area (Å²) in [6, 6.07) is 8.72. The number of sulfonamides is 1. The molecule has 1 heterocycles. The maximum absolute atomic E-state index is 12.5. The number of aromatic nitrogens is 1. The Bertz CT molecular complexity index is 896. The van der Waals surface area contributed by atoms with Crippen LogP contribution in [0.5, 0.6) is 0 Å². The van der Waals surface area contributed by atoms with Crippen LogP contribution in [0.1, 0.15) is 22.8 Å². The first-order valence-corrected chi connectivity index (χ1v) is 9.35. The second-order valence-electron chi connectivity index (χ2n) is 5.49. The first-order chi connectivity index (χ1) is 12.2. The summed E-state index contributed by atoms with van der Waals surface area (Å²) in [6.07, 6.45) is 1.46. The number of halogens is 1. The van der Waals surface area contributed by atoms with Crippen molar-refractivity contribution in [2.45, 2.75) is 18.4 Å². The van der Waals surface area contributed by atoms with E-state index in [0.717, 1.165) is 4.31 Å². The molecule has 0 amide bonds. The van der Waals surface area contributed by atoms with Gasteiger partial charge in [-0.2, -0.15) is 4.31 Å². The number of rotatable bonds is 7. The number of likely N-dealkylation sites (N-methyl/N-ethyl adjacent to an activating group) is 1. The molecule has 9 heteroatoms. The number of carbonyl (C=O) groups is 2. The molecule has 0 atom stereocenters. The second-order valence-corrected chi connectivity index (χ2v) is 7.92. The van der Waals surface area contributed by atoms with E-state index in [2.05, 4.69) is 4.98 Å². The Kier molecular flexibility index (Phi) is 6.47. The van der Waals surface area contributed by atoms with Gasteiger partial charge in [-0.3, -0.25) is 9.59 Å². The Labute approximate surface area is 156 Å². The van der Waals surface area contributed by atoms with E-state index in [1.165, 1.54) is 44.4 Å². The van der Waals surface area contributed by atoms with E-state index in [9.17, 15) is 18.0 Å². The Balaban J connectivity index is 1.98. The third kappa shape index (κ3) is 5.10. The number of pyridine rings is 1. The molecule has 1 aromatic carbocycles. The van der Waals surface area contributed by atoms with Crippen LogP contribution in [0.25, 0.3) is 0 Å². The maximum atomic E-state index is 12.5. The molecule has 7 nitrogen and oxygen atoms in total. The quantitative estimate of drug-likeness (QED) is 0.405. The van der Waals surface area contributed by atoms with E-state index in [-0.39, 0.29) is 17.3 Å². The Morgan fingerprint density at radius 2 is 1.81 bits per heavy atom. The molecule has 0 saturated carbocycles. The van der Waals surface area contributed by atoms with E-state index in [1.54, 1.807) is 12.1 Å². The highest BCUT2D eigenvalue weighted by Crippen LogP contribution is 2.16. The molecular weight excluding hydrogens is 380 g/mol. The average molecular weight is 397 g/mol. The van der Waals surface area contributed by atoms with Gasteiger partial charge in [-0.25, -0.2) is 13.4 Å². The maximum Gasteiger partial charge on any atom is 0.321 e. The summed E-state index contributed by atoms with van der Waals surface area (Å²) in [5, 5.41) is 0.321. The largest absolute Gasteiger partial charge is 0.460 e. The molecular formula is C17H17ClN2O5S. The molecule has 26 heavy (non-hydrogen) atoms. The number of benzene rings is 1. The standard InChI is InChI=1S/C17H17ClN2O5S/c1-12(21)14-4-6-15(7-5-14)26(23,24)20(2)10-17(22)25-11-13-3-8-16(18)19-9-13/h3-9H,10-11H2,1-2H3. The summed E-state index contributed by atoms with van der Waals surface area (Å²) >= 11 is 5.67. The van der Waals surface area contributed by atoms with Gasteiger partial charge in [-0.15, -0.1) is 0 Å². The molecule has 0 spiro atoms. The number of ketones is 1. The van der Waals surface area contributed by atoms with Crippen LogP contribution in [0.2, 0.25) is 5.15 Å². The van der Waals surface area contributed by atoms with Crippen molar-refractivity contribution in [3.63, 3.8) is 0 Å². The minimum absolute atomic E-state index is 0.0142. The van der Waals surface area contributed by atoms with Gasteiger partial charge in [0, 0.05) is 24.4 Å². The lowest BCUT2D eigenvalue weighted by atomic mass is 10.2. The number of Topliss-reactive ketones (excluding diaryl/α,β-unsaturated/α-hetero) is 1. The smallest absolute Gasteiger partial charge is 0.321 e. The van der Waals surface area contributed by atoms with Gasteiger partial charge in [-0.1, -0.05) is 29.8 Å². The molecule has 2 rings (SSSR count). The van der Waals surface area contributed by atoms with Crippen LogP contribution in [-0.2, 0) is 26.2 Å². The molecule has 0 N–H and O–H groups in total. The molecule has 1 aromatic heterocycles. The van der Waals surface area contributed by atoms with Crippen LogP contribution in [0.4, 0.5) is 0 Å². The van der Waals surface area contributed by atoms with Crippen molar-refractivity contribution in [3.8, 4) is 0 Å². The first kappa shape index (κ1) is 20.0. The third-order valence-corrected chi connectivity index (χ3v) is 5.55. The number of esters is 1. The van der Waals surface area contributed by atoms with Gasteiger partial charge in [0.15, 0.2) is 5.78 Å². The minimum atomic E-state index is -3.87. The van der Waals surface area contributed by atoms with Crippen LogP contribution in [0.3, 0.4) is 0 Å². The van der Waals surface area contributed by atoms with Gasteiger partial charge in [0.1, 0.15) is 18.3 Å². The molecule has 0 radical (unpaired) electrons. The van der Waals surface area contributed by atoms with Crippen molar-refractivity contribution >= 4 is 33.4 Å². The van der Waals surface area contributed by atoms with Crippen molar-refractivity contribution in [3.05, 3.63) is 58.9 Å². The van der Waals surface area contributed by atoms with E-state index in [0.29, 0.717) is 16.3 Å². The van der Waals surface area contributed by atoms with Crippen LogP contribution in [0.15, 0.2) is 47.5 Å². The van der Waals surface area contributed by atoms with E-state index in [4.69, 9.17) is 16.3 Å². The predicted octanol–water partition coefficient (Wildman–Crippen LogP) is 2.30. The Morgan fingerprint density at radius 3 is 2.35 bits per heavy atom. The van der Waals surface area contributed by atoms with E-state index < -0.39 is 22.5 Å². The van der Waals surface area contributed by atoms with Crippen LogP contribution < -0.4 is 0 Å². The lowest BCUT2D eigenvalue weighted by Crippen LogP contribution is -2.33. The fourth-order valence-corrected chi connectivity index (χ4v) is 3.24. The number of carbonyl (C=O) groups excluding carboxylic acids is 2. The second kappa shape index (κ2) is 8.39. The van der Waals surface area contributed by atoms with E-state index in [1.807, 2.05) is 0 Å². The number of hydrogen-bond donors (Lipinski definition) is 0. The molecule has 0 unspecified atom stereocenters. The fourth-order valence-electron chi connectivity index (χ4n) is 2.01. The van der Waals surface area contributed by atoms with Crippen molar-refractivity contribution in [2.75, 3.05) is 13.6 Å². The third-order valence-electron chi connectivity index (χ3n) is 3.51. The van der Waals surface area contributed by atoms with Gasteiger partial charge in [0.05, 0.1) is 4.90 Å². The topological polar surface area (TPSA) is 93.6 Å². The molecule has 0 aliphatic heterocycles. The van der Waals surface area contributed by atoms with Gasteiger partial charge < -0.3 is 4.74 Å². The highest BCUT2D eigenvalue weighted by atomic mass is 35.5. The Morgan fingerprint density at radius 1 is 1.15 bits per heavy atom.